The minimum absolute atomic E-state index is 0.0467. The highest BCUT2D eigenvalue weighted by molar-refractivity contribution is 7.90. The van der Waals surface area contributed by atoms with Crippen LogP contribution in [-0.2, 0) is 0 Å². The summed E-state index contributed by atoms with van der Waals surface area (Å²) in [6.45, 7) is 14.4. The lowest BCUT2D eigenvalue weighted by atomic mass is 9.93. The first-order valence-corrected chi connectivity index (χ1v) is 7.14. The summed E-state index contributed by atoms with van der Waals surface area (Å²) in [6.07, 6.45) is 8.18. The van der Waals surface area contributed by atoms with Crippen molar-refractivity contribution in [3.05, 3.63) is 35.3 Å². The van der Waals surface area contributed by atoms with Crippen LogP contribution in [0.15, 0.2) is 22.8 Å². The van der Waals surface area contributed by atoms with Crippen LogP contribution in [0, 0.1) is 12.3 Å². The predicted molar refractivity (Wildman–Crippen MR) is 85.9 cm³/mol. The van der Waals surface area contributed by atoms with Gasteiger partial charge in [-0.1, -0.05) is 59.8 Å². The molecule has 0 amide bonds. The van der Waals surface area contributed by atoms with Crippen LogP contribution in [0.2, 0.25) is 0 Å². The second-order valence-corrected chi connectivity index (χ2v) is 4.83. The number of aryl methyl sites for hydroxylation is 1. The zero-order valence-electron chi connectivity index (χ0n) is 12.7. The van der Waals surface area contributed by atoms with Crippen LogP contribution in [0.4, 0.5) is 0 Å². The minimum atomic E-state index is 0.0467. The van der Waals surface area contributed by atoms with Crippen molar-refractivity contribution in [1.29, 1.82) is 0 Å². The first kappa shape index (κ1) is 17.1. The van der Waals surface area contributed by atoms with Gasteiger partial charge in [-0.05, 0) is 12.5 Å². The van der Waals surface area contributed by atoms with Crippen LogP contribution in [0.3, 0.4) is 0 Å². The predicted octanol–water partition coefficient (Wildman–Crippen LogP) is 5.96. The molecular weight excluding hydrogens is 240 g/mol. The van der Waals surface area contributed by atoms with E-state index < -0.39 is 0 Å². The molecule has 0 atom stereocenters. The minimum Gasteiger partial charge on any atom is -0.463 e. The highest BCUT2D eigenvalue weighted by Crippen LogP contribution is 2.36. The Morgan fingerprint density at radius 3 is 2.22 bits per heavy atom. The number of hydrogen-bond donors (Lipinski definition) is 1. The Bertz CT molecular complexity index is 422. The summed E-state index contributed by atoms with van der Waals surface area (Å²) >= 11 is 4.46. The maximum absolute atomic E-state index is 5.48. The fourth-order valence-electron chi connectivity index (χ4n) is 1.62. The van der Waals surface area contributed by atoms with E-state index >= 15 is 0 Å². The maximum Gasteiger partial charge on any atom is 0.147 e. The second-order valence-electron chi connectivity index (χ2n) is 4.35. The van der Waals surface area contributed by atoms with E-state index in [-0.39, 0.29) is 5.41 Å². The van der Waals surface area contributed by atoms with Crippen molar-refractivity contribution in [3.8, 4) is 0 Å². The molecule has 0 saturated carbocycles. The molecule has 1 heterocycles. The van der Waals surface area contributed by atoms with Gasteiger partial charge in [0.05, 0.1) is 6.26 Å². The van der Waals surface area contributed by atoms with E-state index in [1.807, 2.05) is 34.6 Å². The summed E-state index contributed by atoms with van der Waals surface area (Å²) in [5, 5.41) is 0. The van der Waals surface area contributed by atoms with Crippen LogP contribution in [0.1, 0.15) is 58.4 Å². The lowest BCUT2D eigenvalue weighted by Crippen LogP contribution is -2.01. The van der Waals surface area contributed by atoms with Crippen molar-refractivity contribution in [2.75, 3.05) is 0 Å². The van der Waals surface area contributed by atoms with Gasteiger partial charge in [0, 0.05) is 15.9 Å². The molecule has 0 radical (unpaired) electrons. The largest absolute Gasteiger partial charge is 0.463 e. The summed E-state index contributed by atoms with van der Waals surface area (Å²) in [5.74, 6) is 0.882. The monoisotopic (exact) mass is 266 g/mol. The van der Waals surface area contributed by atoms with Gasteiger partial charge in [0.15, 0.2) is 0 Å². The molecule has 0 spiro atoms. The average molecular weight is 266 g/mol. The Morgan fingerprint density at radius 2 is 1.67 bits per heavy atom. The number of fused-ring (bicyclic) bond motifs is 1. The van der Waals surface area contributed by atoms with Crippen LogP contribution < -0.4 is 0 Å². The quantitative estimate of drug-likeness (QED) is 0.571. The normalized spacial score (nSPS) is 15.2. The number of rotatable bonds is 0. The molecule has 0 aromatic carbocycles. The van der Waals surface area contributed by atoms with Gasteiger partial charge < -0.3 is 4.42 Å². The van der Waals surface area contributed by atoms with Gasteiger partial charge in [-0.15, -0.1) is 12.6 Å². The van der Waals surface area contributed by atoms with Crippen molar-refractivity contribution in [3.63, 3.8) is 0 Å². The zero-order chi connectivity index (χ0) is 14.3. The molecule has 1 aliphatic rings. The van der Waals surface area contributed by atoms with Gasteiger partial charge in [0.25, 0.3) is 0 Å². The number of thiol groups is 1. The fraction of sp³-hybridized carbons (Fsp3) is 0.500. The van der Waals surface area contributed by atoms with Crippen LogP contribution in [-0.4, -0.2) is 0 Å². The first-order chi connectivity index (χ1) is 8.49. The average Bonchev–Trinajstić information content (AvgIpc) is 2.67. The smallest absolute Gasteiger partial charge is 0.147 e. The third kappa shape index (κ3) is 4.09. The standard InChI is InChI=1S/C12H14OS.2C2H6/c1-8-7-13-11-9(8)4-5-12(2,3)6-10(11)14;2*1-2/h4-7,14H,1-3H3;2*1-2H3. The zero-order valence-corrected chi connectivity index (χ0v) is 13.6. The Morgan fingerprint density at radius 1 is 1.11 bits per heavy atom. The molecule has 18 heavy (non-hydrogen) atoms. The van der Waals surface area contributed by atoms with E-state index in [0.717, 1.165) is 21.8 Å². The molecule has 1 aromatic rings. The van der Waals surface area contributed by atoms with Crippen molar-refractivity contribution >= 4 is 23.6 Å². The van der Waals surface area contributed by atoms with Crippen LogP contribution >= 0.6 is 12.6 Å². The lowest BCUT2D eigenvalue weighted by Gasteiger charge is -2.13. The van der Waals surface area contributed by atoms with Crippen LogP contribution in [0.5, 0.6) is 0 Å². The van der Waals surface area contributed by atoms with Gasteiger partial charge >= 0.3 is 0 Å². The number of allylic oxidation sites excluding steroid dienone is 2. The Hall–Kier alpha value is -0.890. The molecule has 1 aromatic heterocycles. The number of hydrogen-bond acceptors (Lipinski definition) is 2. The van der Waals surface area contributed by atoms with E-state index in [1.54, 1.807) is 6.26 Å². The van der Waals surface area contributed by atoms with E-state index in [4.69, 9.17) is 4.42 Å². The molecule has 2 heteroatoms. The van der Waals surface area contributed by atoms with Gasteiger partial charge in [-0.2, -0.15) is 0 Å². The molecule has 0 saturated heterocycles. The first-order valence-electron chi connectivity index (χ1n) is 6.69. The number of furan rings is 1. The molecule has 2 rings (SSSR count). The molecule has 0 unspecified atom stereocenters. The third-order valence-electron chi connectivity index (χ3n) is 2.44. The van der Waals surface area contributed by atoms with Crippen molar-refractivity contribution in [1.82, 2.24) is 0 Å². The van der Waals surface area contributed by atoms with Crippen molar-refractivity contribution in [2.24, 2.45) is 5.41 Å². The van der Waals surface area contributed by atoms with Gasteiger partial charge in [-0.25, -0.2) is 0 Å². The van der Waals surface area contributed by atoms with Crippen LogP contribution in [0.25, 0.3) is 11.0 Å². The topological polar surface area (TPSA) is 13.1 Å². The molecule has 1 nitrogen and oxygen atoms in total. The molecule has 102 valence electrons. The molecule has 1 aliphatic carbocycles. The highest BCUT2D eigenvalue weighted by Gasteiger charge is 2.19. The second kappa shape index (κ2) is 7.52. The molecule has 0 N–H and O–H groups in total. The lowest BCUT2D eigenvalue weighted by molar-refractivity contribution is 0.552. The van der Waals surface area contributed by atoms with Crippen molar-refractivity contribution in [2.45, 2.75) is 48.5 Å². The van der Waals surface area contributed by atoms with Gasteiger partial charge in [0.2, 0.25) is 0 Å². The van der Waals surface area contributed by atoms with E-state index in [9.17, 15) is 0 Å². The van der Waals surface area contributed by atoms with Crippen molar-refractivity contribution < 1.29 is 4.42 Å². The maximum atomic E-state index is 5.48. The summed E-state index contributed by atoms with van der Waals surface area (Å²) in [7, 11) is 0. The Kier molecular flexibility index (Phi) is 7.15. The molecular formula is C16H26OS. The van der Waals surface area contributed by atoms with E-state index in [1.165, 1.54) is 0 Å². The Labute approximate surface area is 117 Å². The van der Waals surface area contributed by atoms with E-state index in [2.05, 4.69) is 44.7 Å². The molecule has 0 aliphatic heterocycles. The molecule has 0 fully saturated rings. The van der Waals surface area contributed by atoms with E-state index in [0.29, 0.717) is 0 Å². The fourth-order valence-corrected chi connectivity index (χ4v) is 2.13. The third-order valence-corrected chi connectivity index (χ3v) is 2.78. The molecule has 0 bridgehead atoms. The highest BCUT2D eigenvalue weighted by atomic mass is 32.1. The summed E-state index contributed by atoms with van der Waals surface area (Å²) in [4.78, 5) is 0.920. The SMILES string of the molecule is CC.CC.Cc1coc2c1C=CC(C)(C)C=C2S. The summed E-state index contributed by atoms with van der Waals surface area (Å²) in [6, 6.07) is 0. The summed E-state index contributed by atoms with van der Waals surface area (Å²) < 4.78 is 5.48. The Balaban J connectivity index is 0.000000659. The van der Waals surface area contributed by atoms with Gasteiger partial charge in [0.1, 0.15) is 5.76 Å². The van der Waals surface area contributed by atoms with Gasteiger partial charge in [-0.3, -0.25) is 0 Å². The summed E-state index contributed by atoms with van der Waals surface area (Å²) in [5.41, 5.74) is 2.36.